The number of H-pyrrole nitrogens is 1. The lowest BCUT2D eigenvalue weighted by Crippen LogP contribution is -2.32. The van der Waals surface area contributed by atoms with Crippen molar-refractivity contribution in [1.29, 1.82) is 0 Å². The summed E-state index contributed by atoms with van der Waals surface area (Å²) in [4.78, 5) is 44.7. The molecule has 24 heavy (non-hydrogen) atoms. The van der Waals surface area contributed by atoms with Crippen LogP contribution >= 0.6 is 0 Å². The zero-order chi connectivity index (χ0) is 16.8. The van der Waals surface area contributed by atoms with E-state index in [1.165, 1.54) is 12.1 Å². The van der Waals surface area contributed by atoms with E-state index in [1.807, 2.05) is 25.1 Å². The highest BCUT2D eigenvalue weighted by molar-refractivity contribution is 6.21. The van der Waals surface area contributed by atoms with E-state index in [4.69, 9.17) is 4.84 Å². The van der Waals surface area contributed by atoms with Gasteiger partial charge < -0.3 is 9.82 Å². The highest BCUT2D eigenvalue weighted by atomic mass is 16.7. The first kappa shape index (κ1) is 14.2. The lowest BCUT2D eigenvalue weighted by atomic mass is 10.1. The van der Waals surface area contributed by atoms with Gasteiger partial charge in [-0.15, -0.1) is 0 Å². The van der Waals surface area contributed by atoms with Crippen LogP contribution in [0.4, 0.5) is 0 Å². The summed E-state index contributed by atoms with van der Waals surface area (Å²) < 4.78 is 0. The summed E-state index contributed by atoms with van der Waals surface area (Å²) in [5.41, 5.74) is 2.41. The van der Waals surface area contributed by atoms with Gasteiger partial charge in [0, 0.05) is 10.9 Å². The molecule has 0 radical (unpaired) electrons. The molecule has 2 heterocycles. The predicted octanol–water partition coefficient (Wildman–Crippen LogP) is 2.84. The molecular formula is C18H12N2O4. The number of rotatable bonds is 2. The molecule has 0 unspecified atom stereocenters. The van der Waals surface area contributed by atoms with E-state index >= 15 is 0 Å². The second-order valence-electron chi connectivity index (χ2n) is 5.55. The van der Waals surface area contributed by atoms with Gasteiger partial charge in [-0.05, 0) is 36.8 Å². The Balaban J connectivity index is 1.64. The minimum atomic E-state index is -0.792. The maximum Gasteiger partial charge on any atom is 0.380 e. The number of nitrogens with zero attached hydrogens (tertiary/aromatic N) is 1. The second kappa shape index (κ2) is 5.06. The molecule has 0 spiro atoms. The van der Waals surface area contributed by atoms with Gasteiger partial charge in [0.15, 0.2) is 0 Å². The van der Waals surface area contributed by atoms with Gasteiger partial charge in [-0.25, -0.2) is 4.79 Å². The first-order valence-corrected chi connectivity index (χ1v) is 7.35. The molecule has 3 aromatic rings. The normalized spacial score (nSPS) is 13.5. The number of carbonyl (C=O) groups excluding carboxylic acids is 3. The summed E-state index contributed by atoms with van der Waals surface area (Å²) in [7, 11) is 0. The smallest absolute Gasteiger partial charge is 0.349 e. The van der Waals surface area contributed by atoms with Crippen LogP contribution in [0.1, 0.15) is 36.8 Å². The molecule has 6 nitrogen and oxygen atoms in total. The van der Waals surface area contributed by atoms with Gasteiger partial charge in [0.25, 0.3) is 11.8 Å². The average molecular weight is 320 g/mol. The zero-order valence-corrected chi connectivity index (χ0v) is 12.7. The summed E-state index contributed by atoms with van der Waals surface area (Å²) in [5.74, 6) is -2.08. The van der Waals surface area contributed by atoms with E-state index in [0.29, 0.717) is 5.06 Å². The molecule has 0 bridgehead atoms. The van der Waals surface area contributed by atoms with Crippen LogP contribution in [-0.2, 0) is 4.84 Å². The Morgan fingerprint density at radius 2 is 1.67 bits per heavy atom. The van der Waals surface area contributed by atoms with Gasteiger partial charge in [0.1, 0.15) is 5.69 Å². The number of hydroxylamine groups is 2. The quantitative estimate of drug-likeness (QED) is 0.736. The molecule has 4 rings (SSSR count). The zero-order valence-electron chi connectivity index (χ0n) is 12.7. The SMILES string of the molecule is Cc1cccc2[nH]c(C(=O)ON3C(=O)c4ccccc4C3=O)cc12. The maximum atomic E-state index is 12.3. The Labute approximate surface area is 136 Å². The molecule has 1 aliphatic rings. The predicted molar refractivity (Wildman–Crippen MR) is 85.4 cm³/mol. The van der Waals surface area contributed by atoms with E-state index in [9.17, 15) is 14.4 Å². The van der Waals surface area contributed by atoms with Crippen LogP contribution in [0.25, 0.3) is 10.9 Å². The van der Waals surface area contributed by atoms with Crippen LogP contribution < -0.4 is 0 Å². The van der Waals surface area contributed by atoms with Gasteiger partial charge >= 0.3 is 5.97 Å². The number of fused-ring (bicyclic) bond motifs is 2. The number of aromatic amines is 1. The van der Waals surface area contributed by atoms with Crippen molar-refractivity contribution in [2.45, 2.75) is 6.92 Å². The molecule has 0 saturated heterocycles. The van der Waals surface area contributed by atoms with Crippen LogP contribution in [0.3, 0.4) is 0 Å². The van der Waals surface area contributed by atoms with Gasteiger partial charge in [0.2, 0.25) is 0 Å². The van der Waals surface area contributed by atoms with Gasteiger partial charge in [0.05, 0.1) is 11.1 Å². The summed E-state index contributed by atoms with van der Waals surface area (Å²) in [6.45, 7) is 1.93. The molecule has 0 atom stereocenters. The van der Waals surface area contributed by atoms with Crippen LogP contribution in [0, 0.1) is 6.92 Å². The number of benzene rings is 2. The Morgan fingerprint density at radius 3 is 2.29 bits per heavy atom. The highest BCUT2D eigenvalue weighted by Crippen LogP contribution is 2.24. The summed E-state index contributed by atoms with van der Waals surface area (Å²) >= 11 is 0. The number of amides is 2. The first-order valence-electron chi connectivity index (χ1n) is 7.35. The van der Waals surface area contributed by atoms with E-state index in [2.05, 4.69) is 4.98 Å². The number of hydrogen-bond donors (Lipinski definition) is 1. The van der Waals surface area contributed by atoms with Crippen LogP contribution in [0.5, 0.6) is 0 Å². The van der Waals surface area contributed by atoms with Crippen molar-refractivity contribution in [2.75, 3.05) is 0 Å². The van der Waals surface area contributed by atoms with Crippen LogP contribution in [0.15, 0.2) is 48.5 Å². The Kier molecular flexibility index (Phi) is 2.99. The number of carbonyl (C=O) groups is 3. The van der Waals surface area contributed by atoms with Gasteiger partial charge in [-0.2, -0.15) is 0 Å². The Morgan fingerprint density at radius 1 is 1.00 bits per heavy atom. The van der Waals surface area contributed by atoms with E-state index < -0.39 is 17.8 Å². The van der Waals surface area contributed by atoms with E-state index in [-0.39, 0.29) is 16.8 Å². The number of imide groups is 1. The van der Waals surface area contributed by atoms with Crippen molar-refractivity contribution in [1.82, 2.24) is 10.0 Å². The minimum Gasteiger partial charge on any atom is -0.349 e. The molecule has 6 heteroatoms. The second-order valence-corrected chi connectivity index (χ2v) is 5.55. The Bertz CT molecular complexity index is 984. The van der Waals surface area contributed by atoms with Crippen LogP contribution in [-0.4, -0.2) is 27.8 Å². The summed E-state index contributed by atoms with van der Waals surface area (Å²) in [6, 6.07) is 13.6. The monoisotopic (exact) mass is 320 g/mol. The third kappa shape index (κ3) is 2.00. The van der Waals surface area contributed by atoms with Crippen molar-refractivity contribution in [3.63, 3.8) is 0 Å². The molecule has 2 aromatic carbocycles. The summed E-state index contributed by atoms with van der Waals surface area (Å²) in [6.07, 6.45) is 0. The lowest BCUT2D eigenvalue weighted by Gasteiger charge is -2.11. The first-order chi connectivity index (χ1) is 11.6. The highest BCUT2D eigenvalue weighted by Gasteiger charge is 2.38. The van der Waals surface area contributed by atoms with Crippen molar-refractivity contribution < 1.29 is 19.2 Å². The fourth-order valence-corrected chi connectivity index (χ4v) is 2.80. The van der Waals surface area contributed by atoms with Crippen LogP contribution in [0.2, 0.25) is 0 Å². The third-order valence-electron chi connectivity index (χ3n) is 4.03. The molecular weight excluding hydrogens is 308 g/mol. The standard InChI is InChI=1S/C18H12N2O4/c1-10-5-4-8-14-13(10)9-15(19-14)18(23)24-20-16(21)11-6-2-3-7-12(11)17(20)22/h2-9,19H,1H3. The average Bonchev–Trinajstić information content (AvgIpc) is 3.12. The van der Waals surface area contributed by atoms with Gasteiger partial charge in [-0.3, -0.25) is 9.59 Å². The molecule has 0 aliphatic carbocycles. The number of aryl methyl sites for hydroxylation is 1. The number of nitrogens with one attached hydrogen (secondary N) is 1. The third-order valence-corrected chi connectivity index (χ3v) is 4.03. The minimum absolute atomic E-state index is 0.177. The van der Waals surface area contributed by atoms with E-state index in [1.54, 1.807) is 18.2 Å². The fourth-order valence-electron chi connectivity index (χ4n) is 2.80. The molecule has 2 amide bonds. The fraction of sp³-hybridized carbons (Fsp3) is 0.0556. The lowest BCUT2D eigenvalue weighted by molar-refractivity contribution is -0.0587. The van der Waals surface area contributed by atoms with Crippen molar-refractivity contribution in [3.8, 4) is 0 Å². The van der Waals surface area contributed by atoms with Crippen molar-refractivity contribution in [2.24, 2.45) is 0 Å². The summed E-state index contributed by atoms with van der Waals surface area (Å²) in [5, 5.41) is 1.39. The van der Waals surface area contributed by atoms with Crippen molar-refractivity contribution >= 4 is 28.7 Å². The molecule has 1 aliphatic heterocycles. The largest absolute Gasteiger partial charge is 0.380 e. The number of aromatic nitrogens is 1. The van der Waals surface area contributed by atoms with E-state index in [0.717, 1.165) is 16.5 Å². The molecule has 0 fully saturated rings. The molecule has 1 N–H and O–H groups in total. The maximum absolute atomic E-state index is 12.3. The molecule has 1 aromatic heterocycles. The molecule has 0 saturated carbocycles. The van der Waals surface area contributed by atoms with Crippen molar-refractivity contribution in [3.05, 3.63) is 70.9 Å². The Hall–Kier alpha value is -3.41. The molecule has 118 valence electrons. The topological polar surface area (TPSA) is 79.5 Å². The van der Waals surface area contributed by atoms with Gasteiger partial charge in [-0.1, -0.05) is 29.3 Å². The number of hydrogen-bond acceptors (Lipinski definition) is 4.